The third-order valence-corrected chi connectivity index (χ3v) is 0. The van der Waals surface area contributed by atoms with Gasteiger partial charge in [0.25, 0.3) is 0 Å². The maximum absolute atomic E-state index is 8.81. The summed E-state index contributed by atoms with van der Waals surface area (Å²) in [5, 5.41) is 0. The van der Waals surface area contributed by atoms with Crippen LogP contribution >= 0.6 is 0 Å². The molecule has 0 amide bonds. The van der Waals surface area contributed by atoms with Gasteiger partial charge in [0.15, 0.2) is 0 Å². The molecule has 0 aliphatic heterocycles. The first kappa shape index (κ1) is 23.3. The van der Waals surface area contributed by atoms with E-state index in [4.69, 9.17) is 18.2 Å². The van der Waals surface area contributed by atoms with Crippen LogP contribution < -0.4 is 51.4 Å². The molecule has 0 N–H and O–H groups in total. The molecule has 0 aromatic carbocycles. The second kappa shape index (κ2) is 18.2. The van der Waals surface area contributed by atoms with Crippen molar-refractivity contribution in [2.75, 3.05) is 0 Å². The van der Waals surface area contributed by atoms with Crippen molar-refractivity contribution in [2.45, 2.75) is 0 Å². The molecule has 0 aromatic heterocycles. The Morgan fingerprint density at radius 3 is 0.800 bits per heavy atom. The second-order valence-electron chi connectivity index (χ2n) is 0.408. The Labute approximate surface area is 131 Å². The Kier molecular flexibility index (Phi) is 42.4. The topological polar surface area (TPSA) is 92.2 Å². The van der Waals surface area contributed by atoms with Crippen molar-refractivity contribution in [1.29, 1.82) is 0 Å². The number of rotatable bonds is 0. The molecule has 0 rings (SSSR count). The standard InChI is InChI=1S/Au.K.2H2O2S2/c;;2*1-4(2)3/h;;2*(H2,1,2,3)/q+3;+1;;/p-4. The van der Waals surface area contributed by atoms with Crippen molar-refractivity contribution in [2.24, 2.45) is 0 Å². The molecule has 0 aromatic rings. The minimum atomic E-state index is -2.28. The predicted octanol–water partition coefficient (Wildman–Crippen LogP) is -4.34. The van der Waals surface area contributed by atoms with Crippen molar-refractivity contribution in [3.63, 3.8) is 0 Å². The van der Waals surface area contributed by atoms with E-state index in [9.17, 15) is 0 Å². The predicted molar refractivity (Wildman–Crippen MR) is 32.6 cm³/mol. The smallest absolute Gasteiger partial charge is 0.806 e. The van der Waals surface area contributed by atoms with Crippen LogP contribution in [-0.4, -0.2) is 18.2 Å². The zero-order valence-corrected chi connectivity index (χ0v) is 13.1. The van der Waals surface area contributed by atoms with Gasteiger partial charge < -0.3 is 38.2 Å². The largest absolute Gasteiger partial charge is 3.00 e. The fraction of sp³-hybridized carbons (Fsp3) is 0. The van der Waals surface area contributed by atoms with Gasteiger partial charge in [-0.05, 0) is 0 Å². The molecule has 0 saturated heterocycles. The maximum atomic E-state index is 8.81. The van der Waals surface area contributed by atoms with E-state index in [1.165, 1.54) is 0 Å². The summed E-state index contributed by atoms with van der Waals surface area (Å²) in [6, 6.07) is 0. The molecular formula is AuKO4S4. The fourth-order valence-electron chi connectivity index (χ4n) is 0. The van der Waals surface area contributed by atoms with E-state index in [2.05, 4.69) is 22.4 Å². The molecule has 0 heterocycles. The van der Waals surface area contributed by atoms with E-state index >= 15 is 0 Å². The van der Waals surface area contributed by atoms with Gasteiger partial charge in [-0.15, -0.1) is 0 Å². The van der Waals surface area contributed by atoms with Gasteiger partial charge in [0.2, 0.25) is 0 Å². The summed E-state index contributed by atoms with van der Waals surface area (Å²) in [5.41, 5.74) is 0. The fourth-order valence-corrected chi connectivity index (χ4v) is 0. The molecule has 60 valence electrons. The Morgan fingerprint density at radius 1 is 0.800 bits per heavy atom. The first-order valence-corrected chi connectivity index (χ1v) is 5.00. The van der Waals surface area contributed by atoms with Crippen LogP contribution in [0.15, 0.2) is 0 Å². The van der Waals surface area contributed by atoms with Crippen LogP contribution in [-0.2, 0) is 64.8 Å². The van der Waals surface area contributed by atoms with Crippen molar-refractivity contribution >= 4 is 42.4 Å². The van der Waals surface area contributed by atoms with Crippen LogP contribution in [0.4, 0.5) is 0 Å². The van der Waals surface area contributed by atoms with Gasteiger partial charge >= 0.3 is 73.8 Å². The molecule has 0 atom stereocenters. The van der Waals surface area contributed by atoms with Gasteiger partial charge in [-0.2, -0.15) is 0 Å². The summed E-state index contributed by atoms with van der Waals surface area (Å²) < 4.78 is 35.3. The average Bonchev–Trinajstić information content (AvgIpc) is 1.25. The summed E-state index contributed by atoms with van der Waals surface area (Å²) >= 11 is 7.07. The van der Waals surface area contributed by atoms with E-state index in [0.29, 0.717) is 0 Å². The summed E-state index contributed by atoms with van der Waals surface area (Å²) in [4.78, 5) is 0. The van der Waals surface area contributed by atoms with Crippen molar-refractivity contribution in [1.82, 2.24) is 0 Å². The first-order valence-electron chi connectivity index (χ1n) is 1.00. The minimum absolute atomic E-state index is 0. The van der Waals surface area contributed by atoms with Gasteiger partial charge in [0.05, 0.1) is 0 Å². The third kappa shape index (κ3) is 108. The molecule has 0 saturated carbocycles. The molecule has 0 bridgehead atoms. The summed E-state index contributed by atoms with van der Waals surface area (Å²) in [5.74, 6) is 0. The molecule has 0 spiro atoms. The summed E-state index contributed by atoms with van der Waals surface area (Å²) in [7, 11) is -4.56. The SMILES string of the molecule is [Au+3].[K+].[O-]S([O-])=S.[O-]S([O-])=S. The Morgan fingerprint density at radius 2 is 0.800 bits per heavy atom. The van der Waals surface area contributed by atoms with Gasteiger partial charge in [-0.3, -0.25) is 0 Å². The second-order valence-corrected chi connectivity index (χ2v) is 2.86. The number of hydrogen-bond acceptors (Lipinski definition) is 6. The third-order valence-electron chi connectivity index (χ3n) is 0. The van der Waals surface area contributed by atoms with Crippen molar-refractivity contribution in [3.05, 3.63) is 0 Å². The molecule has 0 aliphatic rings. The Hall–Kier alpha value is 3.36. The first-order chi connectivity index (χ1) is 3.46. The minimum Gasteiger partial charge on any atom is -0.806 e. The molecular weight excluding hydrogens is 428 g/mol. The Bertz CT molecular complexity index is 75.3. The molecule has 10 heavy (non-hydrogen) atoms. The zero-order chi connectivity index (χ0) is 7.15. The van der Waals surface area contributed by atoms with Crippen LogP contribution in [0.25, 0.3) is 0 Å². The quantitative estimate of drug-likeness (QED) is 0.363. The monoisotopic (exact) mass is 428 g/mol. The van der Waals surface area contributed by atoms with Gasteiger partial charge in [0.1, 0.15) is 0 Å². The molecule has 0 unspecified atom stereocenters. The van der Waals surface area contributed by atoms with Crippen LogP contribution in [0.1, 0.15) is 0 Å². The number of hydrogen-bond donors (Lipinski definition) is 0. The van der Waals surface area contributed by atoms with Crippen LogP contribution in [0.2, 0.25) is 0 Å². The van der Waals surface area contributed by atoms with Crippen LogP contribution in [0.5, 0.6) is 0 Å². The van der Waals surface area contributed by atoms with Crippen molar-refractivity contribution in [3.8, 4) is 0 Å². The molecule has 10 heteroatoms. The van der Waals surface area contributed by atoms with Gasteiger partial charge in [-0.1, -0.05) is 22.4 Å². The van der Waals surface area contributed by atoms with E-state index in [1.54, 1.807) is 0 Å². The molecule has 4 nitrogen and oxygen atoms in total. The molecule has 0 aliphatic carbocycles. The molecule has 0 fully saturated rings. The molecule has 0 radical (unpaired) electrons. The Balaban J connectivity index is -0.0000000300. The summed E-state index contributed by atoms with van der Waals surface area (Å²) in [6.45, 7) is 0. The van der Waals surface area contributed by atoms with Gasteiger partial charge in [0, 0.05) is 0 Å². The van der Waals surface area contributed by atoms with Crippen LogP contribution in [0.3, 0.4) is 0 Å². The normalized spacial score (nSPS) is 7.00. The van der Waals surface area contributed by atoms with E-state index < -0.39 is 20.0 Å². The van der Waals surface area contributed by atoms with E-state index in [-0.39, 0.29) is 73.8 Å². The van der Waals surface area contributed by atoms with E-state index in [1.807, 2.05) is 0 Å². The van der Waals surface area contributed by atoms with Crippen LogP contribution in [0, 0.1) is 0 Å². The maximum Gasteiger partial charge on any atom is 3.00 e. The van der Waals surface area contributed by atoms with E-state index in [0.717, 1.165) is 0 Å². The average molecular weight is 428 g/mol. The summed E-state index contributed by atoms with van der Waals surface area (Å²) in [6.07, 6.45) is 0. The zero-order valence-electron chi connectivity index (χ0n) is 4.57. The van der Waals surface area contributed by atoms with Crippen molar-refractivity contribution < 1.29 is 92.0 Å². The van der Waals surface area contributed by atoms with Gasteiger partial charge in [-0.25, -0.2) is 0 Å².